The normalized spacial score (nSPS) is 16.0. The molecule has 0 spiro atoms. The van der Waals surface area contributed by atoms with Crippen molar-refractivity contribution in [1.29, 1.82) is 0 Å². The molecule has 0 aliphatic carbocycles. The number of ether oxygens (including phenoxy) is 4. The van der Waals surface area contributed by atoms with Crippen LogP contribution in [0.5, 0.6) is 23.0 Å². The number of nitrogens with one attached hydrogen (secondary N) is 1. The van der Waals surface area contributed by atoms with Gasteiger partial charge in [0.1, 0.15) is 6.61 Å². The van der Waals surface area contributed by atoms with Crippen molar-refractivity contribution in [3.63, 3.8) is 0 Å². The Morgan fingerprint density at radius 2 is 2.00 bits per heavy atom. The quantitative estimate of drug-likeness (QED) is 0.885. The molecular weight excluding hydrogens is 346 g/mol. The minimum Gasteiger partial charge on any atom is -0.490 e. The average molecular weight is 367 g/mol. The number of para-hydroxylation sites is 1. The zero-order valence-electron chi connectivity index (χ0n) is 15.5. The van der Waals surface area contributed by atoms with E-state index in [0.717, 1.165) is 5.56 Å². The molecule has 0 radical (unpaired) electrons. The summed E-state index contributed by atoms with van der Waals surface area (Å²) in [7, 11) is 0. The van der Waals surface area contributed by atoms with Gasteiger partial charge in [0.2, 0.25) is 5.79 Å². The van der Waals surface area contributed by atoms with Crippen molar-refractivity contribution in [2.75, 3.05) is 18.5 Å². The molecule has 0 fully saturated rings. The molecule has 27 heavy (non-hydrogen) atoms. The molecular formula is C21H21NO5. The van der Waals surface area contributed by atoms with Crippen molar-refractivity contribution >= 4 is 17.7 Å². The van der Waals surface area contributed by atoms with Gasteiger partial charge in [0.05, 0.1) is 12.2 Å². The molecule has 4 rings (SSSR count). The highest BCUT2D eigenvalue weighted by Gasteiger charge is 2.31. The van der Waals surface area contributed by atoms with Gasteiger partial charge in [0, 0.05) is 31.2 Å². The van der Waals surface area contributed by atoms with Crippen molar-refractivity contribution in [3.05, 3.63) is 47.5 Å². The monoisotopic (exact) mass is 367 g/mol. The lowest BCUT2D eigenvalue weighted by Gasteiger charge is -2.20. The highest BCUT2D eigenvalue weighted by atomic mass is 16.7. The van der Waals surface area contributed by atoms with E-state index in [4.69, 9.17) is 18.9 Å². The van der Waals surface area contributed by atoms with Gasteiger partial charge in [0.15, 0.2) is 23.0 Å². The maximum Gasteiger partial charge on any atom is 0.255 e. The highest BCUT2D eigenvalue weighted by molar-refractivity contribution is 6.07. The fourth-order valence-electron chi connectivity index (χ4n) is 3.09. The van der Waals surface area contributed by atoms with Crippen LogP contribution in [0.2, 0.25) is 0 Å². The number of hydrogen-bond acceptors (Lipinski definition) is 5. The first kappa shape index (κ1) is 17.3. The summed E-state index contributed by atoms with van der Waals surface area (Å²) < 4.78 is 22.7. The molecule has 0 saturated heterocycles. The maximum absolute atomic E-state index is 12.7. The summed E-state index contributed by atoms with van der Waals surface area (Å²) in [6.07, 6.45) is 1.83. The van der Waals surface area contributed by atoms with Crippen LogP contribution in [-0.4, -0.2) is 24.9 Å². The molecule has 2 aliphatic rings. The molecule has 0 aromatic heterocycles. The van der Waals surface area contributed by atoms with E-state index in [2.05, 4.69) is 5.32 Å². The number of benzene rings is 2. The topological polar surface area (TPSA) is 66.0 Å². The summed E-state index contributed by atoms with van der Waals surface area (Å²) >= 11 is 0. The Kier molecular flexibility index (Phi) is 4.18. The third kappa shape index (κ3) is 3.43. The van der Waals surface area contributed by atoms with Gasteiger partial charge in [-0.2, -0.15) is 0 Å². The van der Waals surface area contributed by atoms with E-state index < -0.39 is 5.79 Å². The maximum atomic E-state index is 12.7. The van der Waals surface area contributed by atoms with Gasteiger partial charge < -0.3 is 24.3 Å². The van der Waals surface area contributed by atoms with Crippen LogP contribution in [-0.2, 0) is 4.79 Å². The Hall–Kier alpha value is -3.15. The van der Waals surface area contributed by atoms with Gasteiger partial charge in [0.25, 0.3) is 5.91 Å². The van der Waals surface area contributed by atoms with E-state index in [1.54, 1.807) is 18.2 Å². The molecule has 2 aromatic carbocycles. The summed E-state index contributed by atoms with van der Waals surface area (Å²) in [4.78, 5) is 12.7. The van der Waals surface area contributed by atoms with E-state index >= 15 is 0 Å². The second-order valence-electron chi connectivity index (χ2n) is 6.79. The van der Waals surface area contributed by atoms with Gasteiger partial charge in [-0.1, -0.05) is 12.1 Å². The third-order valence-corrected chi connectivity index (χ3v) is 4.22. The van der Waals surface area contributed by atoms with Crippen molar-refractivity contribution in [3.8, 4) is 23.0 Å². The van der Waals surface area contributed by atoms with Crippen molar-refractivity contribution in [2.45, 2.75) is 26.6 Å². The number of amides is 1. The fourth-order valence-corrected chi connectivity index (χ4v) is 3.09. The summed E-state index contributed by atoms with van der Waals surface area (Å²) in [5, 5.41) is 2.89. The second-order valence-corrected chi connectivity index (χ2v) is 6.79. The van der Waals surface area contributed by atoms with Crippen LogP contribution in [0.15, 0.2) is 42.0 Å². The SMILES string of the molecule is CCOc1cccc2c1OCC(C(=O)Nc1ccc3c(c1)OC(C)(C)O3)=C2. The van der Waals surface area contributed by atoms with E-state index in [1.165, 1.54) is 0 Å². The molecule has 0 saturated carbocycles. The number of fused-ring (bicyclic) bond motifs is 2. The van der Waals surface area contributed by atoms with Gasteiger partial charge in [-0.3, -0.25) is 4.79 Å². The summed E-state index contributed by atoms with van der Waals surface area (Å²) in [5.41, 5.74) is 1.99. The summed E-state index contributed by atoms with van der Waals surface area (Å²) in [6, 6.07) is 11.0. The van der Waals surface area contributed by atoms with E-state index in [9.17, 15) is 4.79 Å². The van der Waals surface area contributed by atoms with Crippen LogP contribution in [0.4, 0.5) is 5.69 Å². The van der Waals surface area contributed by atoms with E-state index in [-0.39, 0.29) is 12.5 Å². The predicted molar refractivity (Wildman–Crippen MR) is 101 cm³/mol. The zero-order valence-corrected chi connectivity index (χ0v) is 15.5. The highest BCUT2D eigenvalue weighted by Crippen LogP contribution is 2.41. The van der Waals surface area contributed by atoms with Crippen LogP contribution in [0.3, 0.4) is 0 Å². The van der Waals surface area contributed by atoms with Crippen LogP contribution in [0.25, 0.3) is 6.08 Å². The molecule has 6 nitrogen and oxygen atoms in total. The lowest BCUT2D eigenvalue weighted by molar-refractivity contribution is -0.113. The molecule has 0 bridgehead atoms. The standard InChI is InChI=1S/C21H21NO5/c1-4-24-17-7-5-6-13-10-14(12-25-19(13)17)20(23)22-15-8-9-16-18(11-15)27-21(2,3)26-16/h5-11H,4,12H2,1-3H3,(H,22,23). The summed E-state index contributed by atoms with van der Waals surface area (Å²) in [5.74, 6) is 1.70. The first-order valence-corrected chi connectivity index (χ1v) is 8.88. The Morgan fingerprint density at radius 1 is 1.19 bits per heavy atom. The molecule has 2 aromatic rings. The Balaban J connectivity index is 1.52. The predicted octanol–water partition coefficient (Wildman–Crippen LogP) is 4.01. The lowest BCUT2D eigenvalue weighted by atomic mass is 10.1. The zero-order chi connectivity index (χ0) is 19.0. The third-order valence-electron chi connectivity index (χ3n) is 4.22. The Bertz CT molecular complexity index is 932. The summed E-state index contributed by atoms with van der Waals surface area (Å²) in [6.45, 7) is 6.33. The van der Waals surface area contributed by atoms with Crippen LogP contribution in [0, 0.1) is 0 Å². The van der Waals surface area contributed by atoms with Gasteiger partial charge in [-0.15, -0.1) is 0 Å². The van der Waals surface area contributed by atoms with Crippen LogP contribution < -0.4 is 24.3 Å². The minimum atomic E-state index is -0.702. The first-order valence-electron chi connectivity index (χ1n) is 8.88. The number of carbonyl (C=O) groups is 1. The molecule has 2 aliphatic heterocycles. The molecule has 1 N–H and O–H groups in total. The minimum absolute atomic E-state index is 0.181. The fraction of sp³-hybridized carbons (Fsp3) is 0.286. The molecule has 2 heterocycles. The second kappa shape index (κ2) is 6.54. The Morgan fingerprint density at radius 3 is 2.81 bits per heavy atom. The average Bonchev–Trinajstić information content (AvgIpc) is 2.95. The molecule has 140 valence electrons. The Labute approximate surface area is 157 Å². The number of rotatable bonds is 4. The van der Waals surface area contributed by atoms with E-state index in [0.29, 0.717) is 40.9 Å². The van der Waals surface area contributed by atoms with Crippen molar-refractivity contribution in [2.24, 2.45) is 0 Å². The molecule has 0 unspecified atom stereocenters. The first-order chi connectivity index (χ1) is 12.9. The van der Waals surface area contributed by atoms with Gasteiger partial charge in [-0.25, -0.2) is 0 Å². The number of carbonyl (C=O) groups excluding carboxylic acids is 1. The molecule has 1 amide bonds. The smallest absolute Gasteiger partial charge is 0.255 e. The molecule has 6 heteroatoms. The van der Waals surface area contributed by atoms with Crippen molar-refractivity contribution in [1.82, 2.24) is 0 Å². The largest absolute Gasteiger partial charge is 0.490 e. The van der Waals surface area contributed by atoms with E-state index in [1.807, 2.05) is 45.0 Å². The van der Waals surface area contributed by atoms with Crippen LogP contribution in [0.1, 0.15) is 26.3 Å². The lowest BCUT2D eigenvalue weighted by Crippen LogP contribution is -2.29. The number of anilines is 1. The van der Waals surface area contributed by atoms with Crippen LogP contribution >= 0.6 is 0 Å². The van der Waals surface area contributed by atoms with Gasteiger partial charge >= 0.3 is 0 Å². The number of hydrogen-bond donors (Lipinski definition) is 1. The van der Waals surface area contributed by atoms with Gasteiger partial charge in [-0.05, 0) is 31.2 Å². The molecule has 0 atom stereocenters. The van der Waals surface area contributed by atoms with Crippen molar-refractivity contribution < 1.29 is 23.7 Å².